The summed E-state index contributed by atoms with van der Waals surface area (Å²) >= 11 is 0. The first-order chi connectivity index (χ1) is 11.3. The van der Waals surface area contributed by atoms with Gasteiger partial charge in [0.25, 0.3) is 0 Å². The second-order valence-electron chi connectivity index (χ2n) is 5.64. The summed E-state index contributed by atoms with van der Waals surface area (Å²) in [7, 11) is 0. The zero-order valence-electron chi connectivity index (χ0n) is 12.3. The minimum atomic E-state index is -0.0523. The Bertz CT molecular complexity index is 924. The quantitative estimate of drug-likeness (QED) is 0.685. The van der Waals surface area contributed by atoms with Crippen LogP contribution in [0.5, 0.6) is 0 Å². The summed E-state index contributed by atoms with van der Waals surface area (Å²) in [6, 6.07) is 19.9. The van der Waals surface area contributed by atoms with Gasteiger partial charge in [0.2, 0.25) is 0 Å². The van der Waals surface area contributed by atoms with Gasteiger partial charge in [-0.05, 0) is 22.3 Å². The summed E-state index contributed by atoms with van der Waals surface area (Å²) < 4.78 is 0. The number of nitrogens with zero attached hydrogens (tertiary/aromatic N) is 4. The Kier molecular flexibility index (Phi) is 3.03. The van der Waals surface area contributed by atoms with E-state index >= 15 is 0 Å². The van der Waals surface area contributed by atoms with Gasteiger partial charge in [0.15, 0.2) is 0 Å². The van der Waals surface area contributed by atoms with E-state index in [1.807, 2.05) is 42.5 Å². The van der Waals surface area contributed by atoms with Crippen LogP contribution >= 0.6 is 0 Å². The smallest absolute Gasteiger partial charge is 0.138 e. The Morgan fingerprint density at radius 3 is 2.22 bits per heavy atom. The van der Waals surface area contributed by atoms with Crippen molar-refractivity contribution in [3.8, 4) is 12.1 Å². The highest BCUT2D eigenvalue weighted by atomic mass is 15.2. The molecule has 2 aromatic carbocycles. The lowest BCUT2D eigenvalue weighted by atomic mass is 9.88. The van der Waals surface area contributed by atoms with Gasteiger partial charge in [-0.3, -0.25) is 0 Å². The van der Waals surface area contributed by atoms with Crippen molar-refractivity contribution in [1.82, 2.24) is 0 Å². The zero-order chi connectivity index (χ0) is 15.8. The van der Waals surface area contributed by atoms with Crippen molar-refractivity contribution in [2.75, 3.05) is 6.54 Å². The monoisotopic (exact) mass is 296 g/mol. The molecule has 0 fully saturated rings. The van der Waals surface area contributed by atoms with E-state index in [0.717, 1.165) is 22.3 Å². The summed E-state index contributed by atoms with van der Waals surface area (Å²) in [5.41, 5.74) is 4.85. The minimum Gasteiger partial charge on any atom is -0.193 e. The number of allylic oxidation sites excluding steroid dienone is 1. The molecule has 0 spiro atoms. The van der Waals surface area contributed by atoms with Crippen molar-refractivity contribution in [2.24, 2.45) is 10.2 Å². The van der Waals surface area contributed by atoms with Gasteiger partial charge >= 0.3 is 0 Å². The van der Waals surface area contributed by atoms with Crippen LogP contribution in [0.15, 0.2) is 64.3 Å². The highest BCUT2D eigenvalue weighted by Crippen LogP contribution is 2.48. The third-order valence-corrected chi connectivity index (χ3v) is 4.52. The van der Waals surface area contributed by atoms with Crippen LogP contribution in [0.4, 0.5) is 0 Å². The van der Waals surface area contributed by atoms with Crippen molar-refractivity contribution < 1.29 is 0 Å². The van der Waals surface area contributed by atoms with Crippen LogP contribution in [0.2, 0.25) is 0 Å². The molecule has 4 nitrogen and oxygen atoms in total. The molecular formula is C19H12N4. The Balaban J connectivity index is 2.16. The van der Waals surface area contributed by atoms with Crippen molar-refractivity contribution in [3.63, 3.8) is 0 Å². The van der Waals surface area contributed by atoms with Crippen LogP contribution in [0.25, 0.3) is 5.57 Å². The van der Waals surface area contributed by atoms with Crippen LogP contribution in [0.1, 0.15) is 34.2 Å². The molecule has 2 atom stereocenters. The number of azo groups is 1. The van der Waals surface area contributed by atoms with Crippen LogP contribution in [0.3, 0.4) is 0 Å². The number of nitriles is 2. The number of hydrogen-bond donors (Lipinski definition) is 0. The summed E-state index contributed by atoms with van der Waals surface area (Å²) in [5, 5.41) is 27.6. The predicted octanol–water partition coefficient (Wildman–Crippen LogP) is 4.14. The maximum absolute atomic E-state index is 9.45. The molecule has 2 aromatic rings. The molecule has 4 rings (SSSR count). The topological polar surface area (TPSA) is 72.3 Å². The molecule has 0 unspecified atom stereocenters. The molecule has 0 saturated heterocycles. The van der Waals surface area contributed by atoms with E-state index in [1.165, 1.54) is 0 Å². The second-order valence-corrected chi connectivity index (χ2v) is 5.64. The highest BCUT2D eigenvalue weighted by molar-refractivity contribution is 5.90. The number of benzene rings is 2. The Morgan fingerprint density at radius 1 is 0.913 bits per heavy atom. The Morgan fingerprint density at radius 2 is 1.52 bits per heavy atom. The molecule has 1 aliphatic carbocycles. The van der Waals surface area contributed by atoms with Gasteiger partial charge in [-0.2, -0.15) is 20.8 Å². The zero-order valence-corrected chi connectivity index (χ0v) is 12.3. The molecular weight excluding hydrogens is 284 g/mol. The fraction of sp³-hybridized carbons (Fsp3) is 0.158. The van der Waals surface area contributed by atoms with Crippen molar-refractivity contribution in [1.29, 1.82) is 10.5 Å². The third-order valence-electron chi connectivity index (χ3n) is 4.52. The Labute approximate surface area is 134 Å². The molecule has 0 aromatic heterocycles. The van der Waals surface area contributed by atoms with Crippen LogP contribution < -0.4 is 0 Å². The SMILES string of the molecule is N#CC(C#N)=C1c2ccccc2[C@H]2CN=N[C@H]2c2ccccc21. The van der Waals surface area contributed by atoms with Gasteiger partial charge in [0.1, 0.15) is 23.8 Å². The standard InChI is InChI=1S/C19H12N4/c20-9-12(10-21)18-14-6-2-1-5-13(14)17-11-22-23-19(17)16-8-4-3-7-15(16)18/h1-8,17,19H,11H2/t17-,19+/m1/s1. The van der Waals surface area contributed by atoms with Gasteiger partial charge < -0.3 is 0 Å². The van der Waals surface area contributed by atoms with E-state index in [1.54, 1.807) is 0 Å². The van der Waals surface area contributed by atoms with E-state index < -0.39 is 0 Å². The van der Waals surface area contributed by atoms with Gasteiger partial charge in [0, 0.05) is 11.5 Å². The molecule has 1 aliphatic heterocycles. The molecule has 4 heteroatoms. The largest absolute Gasteiger partial charge is 0.193 e. The molecule has 1 heterocycles. The van der Waals surface area contributed by atoms with Gasteiger partial charge in [-0.25, -0.2) is 0 Å². The predicted molar refractivity (Wildman–Crippen MR) is 85.3 cm³/mol. The maximum atomic E-state index is 9.45. The Hall–Kier alpha value is -3.24. The third kappa shape index (κ3) is 1.89. The fourth-order valence-corrected chi connectivity index (χ4v) is 3.53. The lowest BCUT2D eigenvalue weighted by Crippen LogP contribution is -2.07. The van der Waals surface area contributed by atoms with Gasteiger partial charge in [-0.1, -0.05) is 48.5 Å². The van der Waals surface area contributed by atoms with Gasteiger partial charge in [-0.15, -0.1) is 0 Å². The molecule has 0 N–H and O–H groups in total. The van der Waals surface area contributed by atoms with E-state index in [-0.39, 0.29) is 17.5 Å². The average Bonchev–Trinajstić information content (AvgIpc) is 3.05. The number of hydrogen-bond acceptors (Lipinski definition) is 4. The first-order valence-electron chi connectivity index (χ1n) is 7.45. The van der Waals surface area contributed by atoms with E-state index in [0.29, 0.717) is 12.1 Å². The number of fused-ring (bicyclic) bond motifs is 5. The van der Waals surface area contributed by atoms with Crippen molar-refractivity contribution in [2.45, 2.75) is 12.0 Å². The maximum Gasteiger partial charge on any atom is 0.138 e. The normalized spacial score (nSPS) is 20.5. The van der Waals surface area contributed by atoms with Crippen LogP contribution in [-0.2, 0) is 0 Å². The van der Waals surface area contributed by atoms with Gasteiger partial charge in [0.05, 0.1) is 6.54 Å². The van der Waals surface area contributed by atoms with E-state index in [2.05, 4.69) is 28.4 Å². The lowest BCUT2D eigenvalue weighted by molar-refractivity contribution is 0.637. The summed E-state index contributed by atoms with van der Waals surface area (Å²) in [5.74, 6) is 0.156. The molecule has 0 radical (unpaired) electrons. The first kappa shape index (κ1) is 13.4. The van der Waals surface area contributed by atoms with Crippen LogP contribution in [-0.4, -0.2) is 6.54 Å². The van der Waals surface area contributed by atoms with E-state index in [9.17, 15) is 10.5 Å². The fourth-order valence-electron chi connectivity index (χ4n) is 3.53. The molecule has 23 heavy (non-hydrogen) atoms. The van der Waals surface area contributed by atoms with Crippen LogP contribution in [0, 0.1) is 22.7 Å². The highest BCUT2D eigenvalue weighted by Gasteiger charge is 2.36. The number of rotatable bonds is 0. The second kappa shape index (κ2) is 5.19. The average molecular weight is 296 g/mol. The molecule has 2 aliphatic rings. The first-order valence-corrected chi connectivity index (χ1v) is 7.45. The molecule has 108 valence electrons. The summed E-state index contributed by atoms with van der Waals surface area (Å²) in [4.78, 5) is 0. The molecule has 0 saturated carbocycles. The molecule has 0 amide bonds. The molecule has 0 bridgehead atoms. The van der Waals surface area contributed by atoms with Crippen molar-refractivity contribution >= 4 is 5.57 Å². The minimum absolute atomic E-state index is 0.0523. The summed E-state index contributed by atoms with van der Waals surface area (Å²) in [6.07, 6.45) is 0. The van der Waals surface area contributed by atoms with E-state index in [4.69, 9.17) is 0 Å². The summed E-state index contributed by atoms with van der Waals surface area (Å²) in [6.45, 7) is 0.637. The lowest BCUT2D eigenvalue weighted by Gasteiger charge is -2.16. The van der Waals surface area contributed by atoms with Crippen molar-refractivity contribution in [3.05, 3.63) is 76.4 Å².